The number of carbonyl (C=O) groups is 2. The van der Waals surface area contributed by atoms with Crippen molar-refractivity contribution in [1.82, 2.24) is 9.88 Å². The van der Waals surface area contributed by atoms with E-state index in [2.05, 4.69) is 4.98 Å². The predicted molar refractivity (Wildman–Crippen MR) is 105 cm³/mol. The molecule has 0 fully saturated rings. The van der Waals surface area contributed by atoms with E-state index in [0.717, 1.165) is 10.8 Å². The van der Waals surface area contributed by atoms with Crippen molar-refractivity contribution in [1.29, 1.82) is 0 Å². The number of rotatable bonds is 7. The van der Waals surface area contributed by atoms with Crippen LogP contribution in [0.15, 0.2) is 29.6 Å². The SMILES string of the molecule is Cc1ccc(OCc2nc(CC(=O)N(C)CC(=O)OC(C)(C)C)cs2)cc1. The van der Waals surface area contributed by atoms with E-state index in [9.17, 15) is 9.59 Å². The zero-order valence-electron chi connectivity index (χ0n) is 16.4. The van der Waals surface area contributed by atoms with E-state index in [-0.39, 0.29) is 18.9 Å². The number of hydrogen-bond donors (Lipinski definition) is 0. The molecule has 0 aliphatic rings. The van der Waals surface area contributed by atoms with Gasteiger partial charge in [0.15, 0.2) is 0 Å². The second-order valence-corrected chi connectivity index (χ2v) is 8.29. The first-order valence-electron chi connectivity index (χ1n) is 8.71. The summed E-state index contributed by atoms with van der Waals surface area (Å²) in [6.07, 6.45) is 0.139. The van der Waals surface area contributed by atoms with Crippen LogP contribution in [0.3, 0.4) is 0 Å². The highest BCUT2D eigenvalue weighted by atomic mass is 32.1. The molecule has 0 bridgehead atoms. The highest BCUT2D eigenvalue weighted by Crippen LogP contribution is 2.16. The third-order valence-corrected chi connectivity index (χ3v) is 4.40. The van der Waals surface area contributed by atoms with Gasteiger partial charge in [0.1, 0.15) is 29.5 Å². The Labute approximate surface area is 164 Å². The molecule has 27 heavy (non-hydrogen) atoms. The molecule has 2 rings (SSSR count). The molecule has 0 saturated carbocycles. The molecule has 146 valence electrons. The van der Waals surface area contributed by atoms with Crippen LogP contribution in [0.1, 0.15) is 37.0 Å². The van der Waals surface area contributed by atoms with Gasteiger partial charge in [0.2, 0.25) is 5.91 Å². The minimum Gasteiger partial charge on any atom is -0.486 e. The fourth-order valence-corrected chi connectivity index (χ4v) is 2.93. The Hall–Kier alpha value is -2.41. The minimum absolute atomic E-state index is 0.0797. The molecule has 7 heteroatoms. The summed E-state index contributed by atoms with van der Waals surface area (Å²) < 4.78 is 10.9. The molecule has 0 atom stereocenters. The Balaban J connectivity index is 1.82. The number of amides is 1. The number of ether oxygens (including phenoxy) is 2. The smallest absolute Gasteiger partial charge is 0.326 e. The number of benzene rings is 1. The van der Waals surface area contributed by atoms with Crippen LogP contribution in [0.25, 0.3) is 0 Å². The third kappa shape index (κ3) is 7.38. The Kier molecular flexibility index (Phi) is 6.96. The minimum atomic E-state index is -0.567. The monoisotopic (exact) mass is 390 g/mol. The first kappa shape index (κ1) is 20.9. The molecule has 0 spiro atoms. The highest BCUT2D eigenvalue weighted by molar-refractivity contribution is 7.09. The quantitative estimate of drug-likeness (QED) is 0.678. The Morgan fingerprint density at radius 2 is 1.85 bits per heavy atom. The number of nitrogens with zero attached hydrogens (tertiary/aromatic N) is 2. The number of aromatic nitrogens is 1. The van der Waals surface area contributed by atoms with Gasteiger partial charge in [-0.25, -0.2) is 4.98 Å². The second kappa shape index (κ2) is 8.99. The lowest BCUT2D eigenvalue weighted by Gasteiger charge is -2.22. The van der Waals surface area contributed by atoms with Crippen molar-refractivity contribution in [3.05, 3.63) is 45.9 Å². The van der Waals surface area contributed by atoms with Crippen molar-refractivity contribution in [3.8, 4) is 5.75 Å². The van der Waals surface area contributed by atoms with Gasteiger partial charge < -0.3 is 14.4 Å². The third-order valence-electron chi connectivity index (χ3n) is 3.53. The number of likely N-dealkylation sites (N-methyl/N-ethyl adjacent to an activating group) is 1. The van der Waals surface area contributed by atoms with Crippen LogP contribution in [-0.2, 0) is 27.4 Å². The van der Waals surface area contributed by atoms with E-state index in [0.29, 0.717) is 12.3 Å². The van der Waals surface area contributed by atoms with Gasteiger partial charge in [-0.15, -0.1) is 11.3 Å². The van der Waals surface area contributed by atoms with E-state index >= 15 is 0 Å². The van der Waals surface area contributed by atoms with Crippen molar-refractivity contribution in [2.45, 2.75) is 46.3 Å². The van der Waals surface area contributed by atoms with Gasteiger partial charge in [-0.2, -0.15) is 0 Å². The predicted octanol–water partition coefficient (Wildman–Crippen LogP) is 3.37. The molecule has 0 N–H and O–H groups in total. The molecule has 0 radical (unpaired) electrons. The standard InChI is InChI=1S/C20H26N2O4S/c1-14-6-8-16(9-7-14)25-12-17-21-15(13-27-17)10-18(23)22(5)11-19(24)26-20(2,3)4/h6-9,13H,10-12H2,1-5H3. The molecule has 1 heterocycles. The number of thiazole rings is 1. The molecule has 6 nitrogen and oxygen atoms in total. The van der Waals surface area contributed by atoms with Gasteiger partial charge in [-0.05, 0) is 39.8 Å². The lowest BCUT2D eigenvalue weighted by molar-refractivity contribution is -0.158. The summed E-state index contributed by atoms with van der Waals surface area (Å²) >= 11 is 1.45. The summed E-state index contributed by atoms with van der Waals surface area (Å²) in [5, 5.41) is 2.64. The summed E-state index contributed by atoms with van der Waals surface area (Å²) in [7, 11) is 1.58. The fraction of sp³-hybridized carbons (Fsp3) is 0.450. The van der Waals surface area contributed by atoms with Crippen molar-refractivity contribution in [2.24, 2.45) is 0 Å². The number of aryl methyl sites for hydroxylation is 1. The van der Waals surface area contributed by atoms with Crippen LogP contribution >= 0.6 is 11.3 Å². The second-order valence-electron chi connectivity index (χ2n) is 7.35. The topological polar surface area (TPSA) is 68.7 Å². The number of esters is 1. The first-order valence-corrected chi connectivity index (χ1v) is 9.59. The fourth-order valence-electron chi connectivity index (χ4n) is 2.22. The lowest BCUT2D eigenvalue weighted by Crippen LogP contribution is -2.36. The summed E-state index contributed by atoms with van der Waals surface area (Å²) in [6, 6.07) is 7.81. The number of hydrogen-bond acceptors (Lipinski definition) is 6. The maximum atomic E-state index is 12.3. The summed E-state index contributed by atoms with van der Waals surface area (Å²) in [5.41, 5.74) is 1.28. The molecule has 1 aromatic carbocycles. The molecule has 2 aromatic rings. The zero-order chi connectivity index (χ0) is 20.0. The zero-order valence-corrected chi connectivity index (χ0v) is 17.3. The van der Waals surface area contributed by atoms with E-state index in [1.54, 1.807) is 27.8 Å². The average Bonchev–Trinajstić information content (AvgIpc) is 3.00. The maximum Gasteiger partial charge on any atom is 0.326 e. The van der Waals surface area contributed by atoms with E-state index in [1.807, 2.05) is 36.6 Å². The van der Waals surface area contributed by atoms with Crippen molar-refractivity contribution in [2.75, 3.05) is 13.6 Å². The van der Waals surface area contributed by atoms with E-state index in [4.69, 9.17) is 9.47 Å². The lowest BCUT2D eigenvalue weighted by atomic mass is 10.2. The number of carbonyl (C=O) groups excluding carboxylic acids is 2. The van der Waals surface area contributed by atoms with E-state index in [1.165, 1.54) is 21.8 Å². The molecule has 0 saturated heterocycles. The van der Waals surface area contributed by atoms with Crippen molar-refractivity contribution >= 4 is 23.2 Å². The molecular weight excluding hydrogens is 364 g/mol. The van der Waals surface area contributed by atoms with Crippen LogP contribution in [0.4, 0.5) is 0 Å². The largest absolute Gasteiger partial charge is 0.486 e. The molecule has 1 amide bonds. The van der Waals surface area contributed by atoms with Crippen LogP contribution in [-0.4, -0.2) is 41.0 Å². The van der Waals surface area contributed by atoms with Crippen molar-refractivity contribution < 1.29 is 19.1 Å². The Bertz CT molecular complexity index is 778. The van der Waals surface area contributed by atoms with Gasteiger partial charge in [0.05, 0.1) is 12.1 Å². The Morgan fingerprint density at radius 1 is 1.19 bits per heavy atom. The summed E-state index contributed by atoms with van der Waals surface area (Å²) in [6.45, 7) is 7.68. The van der Waals surface area contributed by atoms with Gasteiger partial charge >= 0.3 is 5.97 Å². The molecule has 0 aliphatic heterocycles. The van der Waals surface area contributed by atoms with Gasteiger partial charge in [-0.1, -0.05) is 17.7 Å². The summed E-state index contributed by atoms with van der Waals surface area (Å²) in [4.78, 5) is 29.9. The van der Waals surface area contributed by atoms with Gasteiger partial charge in [0, 0.05) is 12.4 Å². The molecule has 1 aromatic heterocycles. The van der Waals surface area contributed by atoms with E-state index < -0.39 is 11.6 Å². The van der Waals surface area contributed by atoms with Gasteiger partial charge in [0.25, 0.3) is 0 Å². The molecular formula is C20H26N2O4S. The molecule has 0 aliphatic carbocycles. The maximum absolute atomic E-state index is 12.3. The van der Waals surface area contributed by atoms with Crippen LogP contribution in [0, 0.1) is 6.92 Å². The first-order chi connectivity index (χ1) is 12.6. The Morgan fingerprint density at radius 3 is 2.48 bits per heavy atom. The van der Waals surface area contributed by atoms with Crippen molar-refractivity contribution in [3.63, 3.8) is 0 Å². The summed E-state index contributed by atoms with van der Waals surface area (Å²) in [5.74, 6) is 0.173. The van der Waals surface area contributed by atoms with Crippen LogP contribution < -0.4 is 4.74 Å². The highest BCUT2D eigenvalue weighted by Gasteiger charge is 2.20. The average molecular weight is 391 g/mol. The van der Waals surface area contributed by atoms with Crippen LogP contribution in [0.5, 0.6) is 5.75 Å². The molecule has 0 unspecified atom stereocenters. The van der Waals surface area contributed by atoms with Crippen LogP contribution in [0.2, 0.25) is 0 Å². The van der Waals surface area contributed by atoms with Gasteiger partial charge in [-0.3, -0.25) is 9.59 Å². The normalized spacial score (nSPS) is 11.1.